The van der Waals surface area contributed by atoms with Crippen molar-refractivity contribution in [3.8, 4) is 6.07 Å². The van der Waals surface area contributed by atoms with Crippen molar-refractivity contribution < 1.29 is 0 Å². The SMILES string of the molecule is CCNC(C)(C#N)CC(C)SCC(C)C. The molecule has 88 valence electrons. The largest absolute Gasteiger partial charge is 0.300 e. The summed E-state index contributed by atoms with van der Waals surface area (Å²) < 4.78 is 0. The summed E-state index contributed by atoms with van der Waals surface area (Å²) in [5.74, 6) is 1.90. The molecule has 0 aromatic heterocycles. The van der Waals surface area contributed by atoms with E-state index in [1.54, 1.807) is 0 Å². The highest BCUT2D eigenvalue weighted by molar-refractivity contribution is 7.99. The molecule has 2 nitrogen and oxygen atoms in total. The van der Waals surface area contributed by atoms with Crippen LogP contribution in [0.2, 0.25) is 0 Å². The summed E-state index contributed by atoms with van der Waals surface area (Å²) >= 11 is 1.96. The van der Waals surface area contributed by atoms with Gasteiger partial charge in [0.05, 0.1) is 6.07 Å². The third kappa shape index (κ3) is 6.81. The van der Waals surface area contributed by atoms with E-state index in [1.165, 1.54) is 5.75 Å². The molecule has 1 N–H and O–H groups in total. The summed E-state index contributed by atoms with van der Waals surface area (Å²) in [5, 5.41) is 12.9. The van der Waals surface area contributed by atoms with Gasteiger partial charge in [-0.25, -0.2) is 0 Å². The van der Waals surface area contributed by atoms with Crippen LogP contribution in [0.1, 0.15) is 41.0 Å². The number of hydrogen-bond acceptors (Lipinski definition) is 3. The molecule has 0 spiro atoms. The van der Waals surface area contributed by atoms with Gasteiger partial charge < -0.3 is 0 Å². The van der Waals surface area contributed by atoms with Crippen LogP contribution in [0.5, 0.6) is 0 Å². The molecule has 0 aromatic carbocycles. The Morgan fingerprint density at radius 3 is 2.40 bits per heavy atom. The quantitative estimate of drug-likeness (QED) is 0.727. The maximum absolute atomic E-state index is 9.12. The van der Waals surface area contributed by atoms with Crippen LogP contribution in [0.15, 0.2) is 0 Å². The van der Waals surface area contributed by atoms with Crippen LogP contribution in [0.3, 0.4) is 0 Å². The Kier molecular flexibility index (Phi) is 7.04. The average Bonchev–Trinajstić information content (AvgIpc) is 2.15. The topological polar surface area (TPSA) is 35.8 Å². The molecule has 0 aliphatic carbocycles. The van der Waals surface area contributed by atoms with Crippen molar-refractivity contribution in [3.05, 3.63) is 0 Å². The monoisotopic (exact) mass is 228 g/mol. The maximum Gasteiger partial charge on any atom is 0.104 e. The fourth-order valence-electron chi connectivity index (χ4n) is 1.54. The van der Waals surface area contributed by atoms with Crippen LogP contribution in [-0.2, 0) is 0 Å². The lowest BCUT2D eigenvalue weighted by molar-refractivity contribution is 0.429. The van der Waals surface area contributed by atoms with Gasteiger partial charge >= 0.3 is 0 Å². The van der Waals surface area contributed by atoms with Crippen molar-refractivity contribution in [1.29, 1.82) is 5.26 Å². The molecule has 0 fully saturated rings. The van der Waals surface area contributed by atoms with Crippen molar-refractivity contribution in [2.45, 2.75) is 51.8 Å². The van der Waals surface area contributed by atoms with E-state index in [0.29, 0.717) is 5.25 Å². The second-order valence-electron chi connectivity index (χ2n) is 4.72. The Bertz CT molecular complexity index is 210. The highest BCUT2D eigenvalue weighted by Crippen LogP contribution is 2.23. The molecule has 3 heteroatoms. The zero-order valence-corrected chi connectivity index (χ0v) is 11.4. The molecule has 2 unspecified atom stereocenters. The first kappa shape index (κ1) is 14.8. The number of thioether (sulfide) groups is 1. The van der Waals surface area contributed by atoms with Gasteiger partial charge in [-0.05, 0) is 31.6 Å². The summed E-state index contributed by atoms with van der Waals surface area (Å²) in [6.45, 7) is 11.6. The van der Waals surface area contributed by atoms with Gasteiger partial charge in [0.15, 0.2) is 0 Å². The van der Waals surface area contributed by atoms with Gasteiger partial charge in [0.25, 0.3) is 0 Å². The van der Waals surface area contributed by atoms with E-state index in [-0.39, 0.29) is 5.54 Å². The van der Waals surface area contributed by atoms with E-state index in [4.69, 9.17) is 5.26 Å². The van der Waals surface area contributed by atoms with Gasteiger partial charge in [-0.15, -0.1) is 0 Å². The third-order valence-corrected chi connectivity index (χ3v) is 3.82. The predicted molar refractivity (Wildman–Crippen MR) is 69.1 cm³/mol. The number of rotatable bonds is 7. The van der Waals surface area contributed by atoms with E-state index < -0.39 is 0 Å². The minimum atomic E-state index is -0.363. The highest BCUT2D eigenvalue weighted by atomic mass is 32.2. The average molecular weight is 228 g/mol. The van der Waals surface area contributed by atoms with Gasteiger partial charge in [-0.3, -0.25) is 5.32 Å². The molecule has 0 aliphatic heterocycles. The molecule has 0 radical (unpaired) electrons. The Balaban J connectivity index is 4.02. The number of nitrogens with one attached hydrogen (secondary N) is 1. The van der Waals surface area contributed by atoms with E-state index in [2.05, 4.69) is 32.2 Å². The summed E-state index contributed by atoms with van der Waals surface area (Å²) in [6.07, 6.45) is 0.911. The lowest BCUT2D eigenvalue weighted by atomic mass is 9.98. The maximum atomic E-state index is 9.12. The molecule has 15 heavy (non-hydrogen) atoms. The normalized spacial score (nSPS) is 17.1. The minimum absolute atomic E-state index is 0.363. The van der Waals surface area contributed by atoms with Crippen molar-refractivity contribution in [2.75, 3.05) is 12.3 Å². The van der Waals surface area contributed by atoms with Gasteiger partial charge in [0, 0.05) is 5.25 Å². The molecule has 0 rings (SSSR count). The van der Waals surface area contributed by atoms with Crippen LogP contribution in [-0.4, -0.2) is 23.1 Å². The predicted octanol–water partition coefficient (Wildman–Crippen LogP) is 3.05. The number of nitrogens with zero attached hydrogens (tertiary/aromatic N) is 1. The molecule has 0 bridgehead atoms. The Morgan fingerprint density at radius 1 is 1.40 bits per heavy atom. The third-order valence-electron chi connectivity index (χ3n) is 2.22. The van der Waals surface area contributed by atoms with Gasteiger partial charge in [-0.1, -0.05) is 27.7 Å². The van der Waals surface area contributed by atoms with E-state index >= 15 is 0 Å². The smallest absolute Gasteiger partial charge is 0.104 e. The molecule has 0 aliphatic rings. The molecule has 0 aromatic rings. The first-order chi connectivity index (χ1) is 6.93. The van der Waals surface area contributed by atoms with Gasteiger partial charge in [0.1, 0.15) is 5.54 Å². The molecular formula is C12H24N2S. The second-order valence-corrected chi connectivity index (χ2v) is 6.19. The molecular weight excluding hydrogens is 204 g/mol. The van der Waals surface area contributed by atoms with E-state index in [9.17, 15) is 0 Å². The Morgan fingerprint density at radius 2 is 2.00 bits per heavy atom. The van der Waals surface area contributed by atoms with E-state index in [1.807, 2.05) is 25.6 Å². The summed E-state index contributed by atoms with van der Waals surface area (Å²) in [7, 11) is 0. The Labute approximate surface area is 98.8 Å². The van der Waals surface area contributed by atoms with Crippen molar-refractivity contribution in [3.63, 3.8) is 0 Å². The molecule has 0 heterocycles. The van der Waals surface area contributed by atoms with Crippen molar-refractivity contribution >= 4 is 11.8 Å². The van der Waals surface area contributed by atoms with Gasteiger partial charge in [-0.2, -0.15) is 17.0 Å². The minimum Gasteiger partial charge on any atom is -0.300 e. The molecule has 2 atom stereocenters. The summed E-state index contributed by atoms with van der Waals surface area (Å²) in [4.78, 5) is 0. The fraction of sp³-hybridized carbons (Fsp3) is 0.917. The first-order valence-corrected chi connectivity index (χ1v) is 6.76. The van der Waals surface area contributed by atoms with Crippen molar-refractivity contribution in [2.24, 2.45) is 5.92 Å². The second kappa shape index (κ2) is 7.14. The van der Waals surface area contributed by atoms with Gasteiger partial charge in [0.2, 0.25) is 0 Å². The van der Waals surface area contributed by atoms with E-state index in [0.717, 1.165) is 18.9 Å². The van der Waals surface area contributed by atoms with Crippen molar-refractivity contribution in [1.82, 2.24) is 5.32 Å². The zero-order chi connectivity index (χ0) is 11.9. The molecule has 0 saturated carbocycles. The zero-order valence-electron chi connectivity index (χ0n) is 10.6. The lowest BCUT2D eigenvalue weighted by Gasteiger charge is -2.26. The summed E-state index contributed by atoms with van der Waals surface area (Å²) in [5.41, 5.74) is -0.363. The van der Waals surface area contributed by atoms with Crippen LogP contribution < -0.4 is 5.32 Å². The van der Waals surface area contributed by atoms with Crippen LogP contribution >= 0.6 is 11.8 Å². The van der Waals surface area contributed by atoms with Crippen LogP contribution in [0, 0.1) is 17.2 Å². The standard InChI is InChI=1S/C12H24N2S/c1-6-14-12(5,9-13)7-11(4)15-8-10(2)3/h10-11,14H,6-8H2,1-5H3. The summed E-state index contributed by atoms with van der Waals surface area (Å²) in [6, 6.07) is 2.37. The Hall–Kier alpha value is -0.200. The molecule has 0 saturated heterocycles. The number of nitriles is 1. The van der Waals surface area contributed by atoms with Crippen LogP contribution in [0.25, 0.3) is 0 Å². The highest BCUT2D eigenvalue weighted by Gasteiger charge is 2.25. The molecule has 0 amide bonds. The van der Waals surface area contributed by atoms with Crippen LogP contribution in [0.4, 0.5) is 0 Å². The lowest BCUT2D eigenvalue weighted by Crippen LogP contribution is -2.42. The number of hydrogen-bond donors (Lipinski definition) is 1. The first-order valence-electron chi connectivity index (χ1n) is 5.71. The fourth-order valence-corrected chi connectivity index (χ4v) is 2.70.